The van der Waals surface area contributed by atoms with Gasteiger partial charge in [0, 0.05) is 4.47 Å². The molecule has 0 radical (unpaired) electrons. The summed E-state index contributed by atoms with van der Waals surface area (Å²) in [5, 5.41) is 0. The molecule has 2 unspecified atom stereocenters. The largest absolute Gasteiger partial charge is 0.274 e. The molecule has 4 heteroatoms. The molecular weight excluding hydrogens is 270 g/mol. The Morgan fingerprint density at radius 2 is 1.88 bits per heavy atom. The first-order chi connectivity index (χ1) is 7.61. The van der Waals surface area contributed by atoms with Crippen LogP contribution in [0.1, 0.15) is 12.0 Å². The van der Waals surface area contributed by atoms with Crippen LogP contribution < -0.4 is 4.90 Å². The molecule has 2 amide bonds. The van der Waals surface area contributed by atoms with Crippen LogP contribution >= 0.6 is 15.9 Å². The summed E-state index contributed by atoms with van der Waals surface area (Å²) in [6, 6.07) is 5.61. The number of carbonyl (C=O) groups excluding carboxylic acids is 2. The van der Waals surface area contributed by atoms with E-state index in [0.717, 1.165) is 16.5 Å². The number of rotatable bonds is 1. The number of hydrogen-bond donors (Lipinski definition) is 0. The number of nitrogens with zero attached hydrogens (tertiary/aromatic N) is 1. The number of amides is 2. The molecule has 1 aliphatic carbocycles. The molecule has 82 valence electrons. The summed E-state index contributed by atoms with van der Waals surface area (Å²) in [5.74, 6) is -0.164. The zero-order valence-electron chi connectivity index (χ0n) is 8.74. The lowest BCUT2D eigenvalue weighted by Crippen LogP contribution is -2.33. The third-order valence-corrected chi connectivity index (χ3v) is 4.31. The van der Waals surface area contributed by atoms with Gasteiger partial charge in [0.2, 0.25) is 11.8 Å². The maximum atomic E-state index is 11.9. The Hall–Kier alpha value is -1.16. The van der Waals surface area contributed by atoms with E-state index in [2.05, 4.69) is 15.9 Å². The van der Waals surface area contributed by atoms with Crippen molar-refractivity contribution in [3.05, 3.63) is 28.2 Å². The maximum Gasteiger partial charge on any atom is 0.237 e. The van der Waals surface area contributed by atoms with Crippen molar-refractivity contribution in [2.24, 2.45) is 11.8 Å². The Balaban J connectivity index is 2.08. The smallest absolute Gasteiger partial charge is 0.237 e. The van der Waals surface area contributed by atoms with Crippen LogP contribution in [0.5, 0.6) is 0 Å². The van der Waals surface area contributed by atoms with Gasteiger partial charge in [0.25, 0.3) is 0 Å². The highest BCUT2D eigenvalue weighted by Gasteiger charge is 2.59. The summed E-state index contributed by atoms with van der Waals surface area (Å²) in [4.78, 5) is 25.1. The van der Waals surface area contributed by atoms with Crippen LogP contribution in [0, 0.1) is 18.8 Å². The summed E-state index contributed by atoms with van der Waals surface area (Å²) in [6.07, 6.45) is 0.748. The van der Waals surface area contributed by atoms with Gasteiger partial charge < -0.3 is 0 Å². The van der Waals surface area contributed by atoms with Gasteiger partial charge in [0.05, 0.1) is 17.5 Å². The summed E-state index contributed by atoms with van der Waals surface area (Å²) in [5.41, 5.74) is 1.71. The van der Waals surface area contributed by atoms with Crippen LogP contribution in [0.4, 0.5) is 5.69 Å². The highest BCUT2D eigenvalue weighted by Crippen LogP contribution is 2.49. The van der Waals surface area contributed by atoms with Crippen molar-refractivity contribution >= 4 is 33.4 Å². The van der Waals surface area contributed by atoms with Gasteiger partial charge in [-0.25, -0.2) is 4.90 Å². The monoisotopic (exact) mass is 279 g/mol. The normalized spacial score (nSPS) is 27.2. The molecule has 0 N–H and O–H groups in total. The van der Waals surface area contributed by atoms with E-state index in [1.807, 2.05) is 19.1 Å². The molecule has 1 aromatic rings. The van der Waals surface area contributed by atoms with Crippen molar-refractivity contribution in [3.63, 3.8) is 0 Å². The number of fused-ring (bicyclic) bond motifs is 1. The molecule has 16 heavy (non-hydrogen) atoms. The topological polar surface area (TPSA) is 37.4 Å². The zero-order chi connectivity index (χ0) is 11.4. The molecule has 1 aromatic carbocycles. The van der Waals surface area contributed by atoms with Crippen molar-refractivity contribution in [2.75, 3.05) is 4.90 Å². The zero-order valence-corrected chi connectivity index (χ0v) is 10.3. The Bertz CT molecular complexity index is 492. The van der Waals surface area contributed by atoms with Gasteiger partial charge >= 0.3 is 0 Å². The van der Waals surface area contributed by atoms with Crippen molar-refractivity contribution in [1.29, 1.82) is 0 Å². The minimum absolute atomic E-state index is 0.0405. The van der Waals surface area contributed by atoms with Crippen LogP contribution in [0.25, 0.3) is 0 Å². The standard InChI is InChI=1S/C12H10BrNO2/c1-6-3-2-4-9(10(6)13)14-11(15)7-5-8(7)12(14)16/h2-4,7-8H,5H2,1H3. The Morgan fingerprint density at radius 1 is 1.25 bits per heavy atom. The Morgan fingerprint density at radius 3 is 2.50 bits per heavy atom. The quantitative estimate of drug-likeness (QED) is 0.740. The average Bonchev–Trinajstić information content (AvgIpc) is 2.99. The van der Waals surface area contributed by atoms with Crippen LogP contribution in [0.15, 0.2) is 22.7 Å². The second-order valence-corrected chi connectivity index (χ2v) is 5.16. The van der Waals surface area contributed by atoms with Crippen molar-refractivity contribution in [1.82, 2.24) is 0 Å². The van der Waals surface area contributed by atoms with Crippen LogP contribution in [0.3, 0.4) is 0 Å². The van der Waals surface area contributed by atoms with Crippen LogP contribution in [-0.2, 0) is 9.59 Å². The third-order valence-electron chi connectivity index (χ3n) is 3.28. The number of aryl methyl sites for hydroxylation is 1. The molecule has 1 heterocycles. The molecule has 1 saturated heterocycles. The lowest BCUT2D eigenvalue weighted by molar-refractivity contribution is -0.123. The minimum Gasteiger partial charge on any atom is -0.274 e. The first kappa shape index (κ1) is 10.0. The lowest BCUT2D eigenvalue weighted by atomic mass is 10.2. The Kier molecular flexibility index (Phi) is 1.98. The van der Waals surface area contributed by atoms with E-state index in [0.29, 0.717) is 5.69 Å². The van der Waals surface area contributed by atoms with Gasteiger partial charge in [-0.3, -0.25) is 9.59 Å². The van der Waals surface area contributed by atoms with Crippen LogP contribution in [-0.4, -0.2) is 11.8 Å². The summed E-state index contributed by atoms with van der Waals surface area (Å²) in [6.45, 7) is 1.94. The molecule has 2 aliphatic rings. The van der Waals surface area contributed by atoms with Crippen molar-refractivity contribution in [2.45, 2.75) is 13.3 Å². The molecule has 0 spiro atoms. The number of anilines is 1. The molecule has 1 saturated carbocycles. The fourth-order valence-electron chi connectivity index (χ4n) is 2.22. The molecule has 2 atom stereocenters. The van der Waals surface area contributed by atoms with E-state index >= 15 is 0 Å². The molecule has 2 fully saturated rings. The number of piperidine rings is 1. The van der Waals surface area contributed by atoms with E-state index in [9.17, 15) is 9.59 Å². The predicted octanol–water partition coefficient (Wildman–Crippen LogP) is 2.27. The number of carbonyl (C=O) groups is 2. The van der Waals surface area contributed by atoms with Gasteiger partial charge in [0.15, 0.2) is 0 Å². The second kappa shape index (κ2) is 3.17. The lowest BCUT2D eigenvalue weighted by Gasteiger charge is -2.18. The van der Waals surface area contributed by atoms with E-state index in [1.165, 1.54) is 4.90 Å². The van der Waals surface area contributed by atoms with E-state index in [4.69, 9.17) is 0 Å². The summed E-state index contributed by atoms with van der Waals surface area (Å²) in [7, 11) is 0. The summed E-state index contributed by atoms with van der Waals surface area (Å²) >= 11 is 3.43. The fraction of sp³-hybridized carbons (Fsp3) is 0.333. The van der Waals surface area contributed by atoms with Crippen molar-refractivity contribution < 1.29 is 9.59 Å². The molecular formula is C12H10BrNO2. The third kappa shape index (κ3) is 1.19. The average molecular weight is 280 g/mol. The fourth-order valence-corrected chi connectivity index (χ4v) is 2.66. The minimum atomic E-state index is -0.0417. The van der Waals surface area contributed by atoms with E-state index in [-0.39, 0.29) is 23.7 Å². The molecule has 0 bridgehead atoms. The molecule has 3 rings (SSSR count). The SMILES string of the molecule is Cc1cccc(N2C(=O)C3CC3C2=O)c1Br. The second-order valence-electron chi connectivity index (χ2n) is 4.37. The van der Waals surface area contributed by atoms with Gasteiger partial charge in [0.1, 0.15) is 0 Å². The first-order valence-corrected chi connectivity index (χ1v) is 6.03. The maximum absolute atomic E-state index is 11.9. The molecule has 1 aliphatic heterocycles. The number of halogens is 1. The number of hydrogen-bond acceptors (Lipinski definition) is 2. The Labute approximate surface area is 102 Å². The van der Waals surface area contributed by atoms with E-state index in [1.54, 1.807) is 6.07 Å². The van der Waals surface area contributed by atoms with Gasteiger partial charge in [-0.2, -0.15) is 0 Å². The van der Waals surface area contributed by atoms with Crippen LogP contribution in [0.2, 0.25) is 0 Å². The number of imide groups is 1. The molecule has 0 aromatic heterocycles. The van der Waals surface area contributed by atoms with Crippen molar-refractivity contribution in [3.8, 4) is 0 Å². The molecule has 3 nitrogen and oxygen atoms in total. The van der Waals surface area contributed by atoms with Gasteiger partial charge in [-0.05, 0) is 40.9 Å². The van der Waals surface area contributed by atoms with Gasteiger partial charge in [-0.1, -0.05) is 12.1 Å². The van der Waals surface area contributed by atoms with E-state index < -0.39 is 0 Å². The van der Waals surface area contributed by atoms with Gasteiger partial charge in [-0.15, -0.1) is 0 Å². The number of benzene rings is 1. The highest BCUT2D eigenvalue weighted by atomic mass is 79.9. The highest BCUT2D eigenvalue weighted by molar-refractivity contribution is 9.10. The first-order valence-electron chi connectivity index (χ1n) is 5.24. The summed E-state index contributed by atoms with van der Waals surface area (Å²) < 4.78 is 0.831. The predicted molar refractivity (Wildman–Crippen MR) is 63.0 cm³/mol.